The number of pyridine rings is 1. The van der Waals surface area contributed by atoms with Crippen molar-refractivity contribution in [2.45, 2.75) is 39.0 Å². The van der Waals surface area contributed by atoms with Crippen molar-refractivity contribution in [3.8, 4) is 0 Å². The molecule has 1 saturated heterocycles. The highest BCUT2D eigenvalue weighted by Crippen LogP contribution is 2.29. The van der Waals surface area contributed by atoms with E-state index in [0.29, 0.717) is 11.1 Å². The number of rotatable bonds is 6. The first kappa shape index (κ1) is 17.6. The van der Waals surface area contributed by atoms with Crippen LogP contribution < -0.4 is 10.6 Å². The number of hydrogen-bond acceptors (Lipinski definition) is 3. The summed E-state index contributed by atoms with van der Waals surface area (Å²) in [6, 6.07) is 3.76. The maximum absolute atomic E-state index is 6.03. The third kappa shape index (κ3) is 4.65. The van der Waals surface area contributed by atoms with E-state index in [4.69, 9.17) is 11.6 Å². The SMILES string of the molecule is CCC(=C[NH2+]CCC1CCNCC1)C1C=Nc2ccc(Cl)nc2C1. The van der Waals surface area contributed by atoms with Gasteiger partial charge in [-0.25, -0.2) is 4.98 Å². The third-order valence-electron chi connectivity index (χ3n) is 5.14. The summed E-state index contributed by atoms with van der Waals surface area (Å²) in [5.74, 6) is 1.25. The van der Waals surface area contributed by atoms with Crippen LogP contribution in [-0.2, 0) is 6.42 Å². The Morgan fingerprint density at radius 1 is 1.38 bits per heavy atom. The van der Waals surface area contributed by atoms with Gasteiger partial charge in [-0.05, 0) is 62.4 Å². The number of halogens is 1. The second-order valence-corrected chi connectivity index (χ2v) is 7.18. The lowest BCUT2D eigenvalue weighted by molar-refractivity contribution is -0.590. The van der Waals surface area contributed by atoms with E-state index in [9.17, 15) is 0 Å². The number of piperidine rings is 1. The number of quaternary nitrogens is 1. The van der Waals surface area contributed by atoms with Crippen molar-refractivity contribution >= 4 is 23.5 Å². The minimum absolute atomic E-state index is 0.351. The van der Waals surface area contributed by atoms with E-state index in [1.807, 2.05) is 12.1 Å². The van der Waals surface area contributed by atoms with Crippen molar-refractivity contribution in [3.05, 3.63) is 34.8 Å². The lowest BCUT2D eigenvalue weighted by atomic mass is 9.91. The Bertz CT molecular complexity index is 605. The van der Waals surface area contributed by atoms with Gasteiger partial charge in [0.05, 0.1) is 24.1 Å². The molecule has 24 heavy (non-hydrogen) atoms. The van der Waals surface area contributed by atoms with Gasteiger partial charge in [-0.3, -0.25) is 4.99 Å². The third-order valence-corrected chi connectivity index (χ3v) is 5.35. The molecule has 3 N–H and O–H groups in total. The average Bonchev–Trinajstić information content (AvgIpc) is 2.62. The minimum Gasteiger partial charge on any atom is -0.320 e. The zero-order valence-electron chi connectivity index (χ0n) is 14.5. The van der Waals surface area contributed by atoms with Gasteiger partial charge in [-0.2, -0.15) is 0 Å². The number of nitrogens with two attached hydrogens (primary N) is 1. The van der Waals surface area contributed by atoms with Crippen molar-refractivity contribution in [2.75, 3.05) is 19.6 Å². The first-order valence-corrected chi connectivity index (χ1v) is 9.56. The molecule has 2 aliphatic rings. The molecule has 1 aromatic rings. The van der Waals surface area contributed by atoms with E-state index in [1.54, 1.807) is 0 Å². The monoisotopic (exact) mass is 347 g/mol. The summed E-state index contributed by atoms with van der Waals surface area (Å²) in [5, 5.41) is 6.35. The molecule has 0 spiro atoms. The van der Waals surface area contributed by atoms with E-state index < -0.39 is 0 Å². The Morgan fingerprint density at radius 3 is 3.00 bits per heavy atom. The maximum Gasteiger partial charge on any atom is 0.129 e. The van der Waals surface area contributed by atoms with Gasteiger partial charge in [-0.1, -0.05) is 18.5 Å². The molecule has 1 unspecified atom stereocenters. The number of nitrogens with zero attached hydrogens (tertiary/aromatic N) is 2. The fraction of sp³-hybridized carbons (Fsp3) is 0.579. The van der Waals surface area contributed by atoms with E-state index in [2.05, 4.69) is 39.9 Å². The predicted molar refractivity (Wildman–Crippen MR) is 100.0 cm³/mol. The van der Waals surface area contributed by atoms with E-state index in [-0.39, 0.29) is 0 Å². The lowest BCUT2D eigenvalue weighted by Gasteiger charge is -2.21. The van der Waals surface area contributed by atoms with Crippen LogP contribution in [0.2, 0.25) is 5.15 Å². The summed E-state index contributed by atoms with van der Waals surface area (Å²) in [4.78, 5) is 9.02. The van der Waals surface area contributed by atoms with E-state index in [0.717, 1.165) is 30.1 Å². The number of aliphatic imine (C=N–C) groups is 1. The van der Waals surface area contributed by atoms with Crippen molar-refractivity contribution < 1.29 is 5.32 Å². The molecule has 130 valence electrons. The first-order valence-electron chi connectivity index (χ1n) is 9.19. The van der Waals surface area contributed by atoms with Gasteiger partial charge in [0.1, 0.15) is 5.15 Å². The quantitative estimate of drug-likeness (QED) is 0.614. The number of hydrogen-bond donors (Lipinski definition) is 2. The standard InChI is InChI=1S/C19H27ClN4/c1-2-15(12-22-10-7-14-5-8-21-9-6-14)16-11-18-17(23-13-16)3-4-19(20)24-18/h3-4,12-14,16,21-22H,2,5-11H2,1H3/p+1. The summed E-state index contributed by atoms with van der Waals surface area (Å²) >= 11 is 6.03. The maximum atomic E-state index is 6.03. The molecule has 1 atom stereocenters. The van der Waals surface area contributed by atoms with Crippen LogP contribution in [-0.4, -0.2) is 30.8 Å². The molecular weight excluding hydrogens is 320 g/mol. The van der Waals surface area contributed by atoms with Gasteiger partial charge in [-0.15, -0.1) is 0 Å². The molecule has 3 rings (SSSR count). The highest BCUT2D eigenvalue weighted by Gasteiger charge is 2.20. The zero-order valence-corrected chi connectivity index (χ0v) is 15.2. The molecule has 0 aromatic carbocycles. The predicted octanol–water partition coefficient (Wildman–Crippen LogP) is 2.86. The second kappa shape index (κ2) is 8.75. The summed E-state index contributed by atoms with van der Waals surface area (Å²) in [5.41, 5.74) is 3.42. The molecule has 1 fully saturated rings. The van der Waals surface area contributed by atoms with Gasteiger partial charge in [0.25, 0.3) is 0 Å². The summed E-state index contributed by atoms with van der Waals surface area (Å²) in [6.45, 7) is 5.78. The van der Waals surface area contributed by atoms with Crippen LogP contribution >= 0.6 is 11.6 Å². The molecule has 1 aromatic heterocycles. The van der Waals surface area contributed by atoms with Crippen LogP contribution in [0.1, 0.15) is 38.3 Å². The Morgan fingerprint density at radius 2 is 2.21 bits per heavy atom. The van der Waals surface area contributed by atoms with Crippen molar-refractivity contribution in [1.82, 2.24) is 10.3 Å². The number of fused-ring (bicyclic) bond motifs is 1. The molecule has 5 heteroatoms. The van der Waals surface area contributed by atoms with Gasteiger partial charge < -0.3 is 10.6 Å². The van der Waals surface area contributed by atoms with Crippen LogP contribution in [0.4, 0.5) is 5.69 Å². The van der Waals surface area contributed by atoms with Crippen molar-refractivity contribution in [3.63, 3.8) is 0 Å². The summed E-state index contributed by atoms with van der Waals surface area (Å²) in [7, 11) is 0. The van der Waals surface area contributed by atoms with E-state index >= 15 is 0 Å². The van der Waals surface area contributed by atoms with Gasteiger partial charge in [0.15, 0.2) is 0 Å². The summed E-state index contributed by atoms with van der Waals surface area (Å²) in [6.07, 6.45) is 10.3. The second-order valence-electron chi connectivity index (χ2n) is 6.79. The Labute approximate surface area is 149 Å². The van der Waals surface area contributed by atoms with Crippen LogP contribution in [0.25, 0.3) is 0 Å². The van der Waals surface area contributed by atoms with Crippen LogP contribution in [0, 0.1) is 11.8 Å². The van der Waals surface area contributed by atoms with Crippen molar-refractivity contribution in [1.29, 1.82) is 0 Å². The number of aromatic nitrogens is 1. The highest BCUT2D eigenvalue weighted by atomic mass is 35.5. The topological polar surface area (TPSA) is 53.9 Å². The zero-order chi connectivity index (χ0) is 16.8. The van der Waals surface area contributed by atoms with E-state index in [1.165, 1.54) is 44.5 Å². The molecular formula is C19H28ClN4+. The average molecular weight is 348 g/mol. The van der Waals surface area contributed by atoms with Crippen LogP contribution in [0.3, 0.4) is 0 Å². The number of allylic oxidation sites excluding steroid dienone is 1. The molecule has 0 aliphatic carbocycles. The molecule has 2 aliphatic heterocycles. The molecule has 0 saturated carbocycles. The lowest BCUT2D eigenvalue weighted by Crippen LogP contribution is -2.78. The Hall–Kier alpha value is -1.23. The van der Waals surface area contributed by atoms with Crippen molar-refractivity contribution in [2.24, 2.45) is 16.8 Å². The van der Waals surface area contributed by atoms with Gasteiger partial charge in [0, 0.05) is 18.6 Å². The normalized spacial score (nSPS) is 21.8. The molecule has 0 radical (unpaired) electrons. The molecule has 3 heterocycles. The van der Waals surface area contributed by atoms with Crippen LogP contribution in [0.5, 0.6) is 0 Å². The molecule has 0 bridgehead atoms. The molecule has 4 nitrogen and oxygen atoms in total. The molecule has 0 amide bonds. The fourth-order valence-corrected chi connectivity index (χ4v) is 3.80. The number of nitrogens with one attached hydrogen (secondary N) is 1. The first-order chi connectivity index (χ1) is 11.8. The Balaban J connectivity index is 1.54. The largest absolute Gasteiger partial charge is 0.320 e. The van der Waals surface area contributed by atoms with Gasteiger partial charge >= 0.3 is 0 Å². The minimum atomic E-state index is 0.351. The Kier molecular flexibility index (Phi) is 6.41. The van der Waals surface area contributed by atoms with Gasteiger partial charge in [0.2, 0.25) is 0 Å². The highest BCUT2D eigenvalue weighted by molar-refractivity contribution is 6.29. The smallest absolute Gasteiger partial charge is 0.129 e. The summed E-state index contributed by atoms with van der Waals surface area (Å²) < 4.78 is 0. The fourth-order valence-electron chi connectivity index (χ4n) is 3.63. The van der Waals surface area contributed by atoms with Crippen LogP contribution in [0.15, 0.2) is 28.9 Å².